The van der Waals surface area contributed by atoms with Gasteiger partial charge < -0.3 is 15.5 Å². The number of nitrogens with zero attached hydrogens (tertiary/aromatic N) is 1. The lowest BCUT2D eigenvalue weighted by atomic mass is 10.0. The molecule has 96 valence electrons. The molecule has 0 radical (unpaired) electrons. The highest BCUT2D eigenvalue weighted by Crippen LogP contribution is 2.13. The van der Waals surface area contributed by atoms with E-state index >= 15 is 0 Å². The Morgan fingerprint density at radius 3 is 3.00 bits per heavy atom. The van der Waals surface area contributed by atoms with Crippen LogP contribution in [-0.2, 0) is 4.79 Å². The Bertz CT molecular complexity index is 285. The number of rotatable bonds is 5. The van der Waals surface area contributed by atoms with Crippen LogP contribution in [0.15, 0.2) is 0 Å². The van der Waals surface area contributed by atoms with Crippen molar-refractivity contribution in [3.05, 3.63) is 0 Å². The SMILES string of the molecule is C#CCNC(=O)C(C)NCC1CCCCN1C. The molecule has 0 aromatic heterocycles. The van der Waals surface area contributed by atoms with Gasteiger partial charge in [0.15, 0.2) is 0 Å². The van der Waals surface area contributed by atoms with Gasteiger partial charge in [-0.3, -0.25) is 4.79 Å². The highest BCUT2D eigenvalue weighted by molar-refractivity contribution is 5.81. The second-order valence-electron chi connectivity index (χ2n) is 4.68. The minimum atomic E-state index is -0.182. The van der Waals surface area contributed by atoms with Gasteiger partial charge in [-0.05, 0) is 33.4 Å². The summed E-state index contributed by atoms with van der Waals surface area (Å²) >= 11 is 0. The lowest BCUT2D eigenvalue weighted by molar-refractivity contribution is -0.122. The highest BCUT2D eigenvalue weighted by Gasteiger charge is 2.20. The van der Waals surface area contributed by atoms with Crippen LogP contribution in [0.3, 0.4) is 0 Å². The van der Waals surface area contributed by atoms with Crippen LogP contribution in [0.5, 0.6) is 0 Å². The van der Waals surface area contributed by atoms with E-state index in [1.807, 2.05) is 6.92 Å². The number of likely N-dealkylation sites (tertiary alicyclic amines) is 1. The van der Waals surface area contributed by atoms with Crippen molar-refractivity contribution in [2.75, 3.05) is 26.7 Å². The van der Waals surface area contributed by atoms with Crippen molar-refractivity contribution in [2.45, 2.75) is 38.3 Å². The normalized spacial score (nSPS) is 22.8. The lowest BCUT2D eigenvalue weighted by Crippen LogP contribution is -2.49. The summed E-state index contributed by atoms with van der Waals surface area (Å²) in [6.45, 7) is 4.19. The summed E-state index contributed by atoms with van der Waals surface area (Å²) in [5.41, 5.74) is 0. The summed E-state index contributed by atoms with van der Waals surface area (Å²) in [6, 6.07) is 0.366. The Hall–Kier alpha value is -1.05. The minimum absolute atomic E-state index is 0.0265. The fraction of sp³-hybridized carbons (Fsp3) is 0.769. The van der Waals surface area contributed by atoms with E-state index in [2.05, 4.69) is 28.5 Å². The molecule has 0 bridgehead atoms. The summed E-state index contributed by atoms with van der Waals surface area (Å²) in [5, 5.41) is 5.95. The van der Waals surface area contributed by atoms with Crippen molar-refractivity contribution in [1.82, 2.24) is 15.5 Å². The van der Waals surface area contributed by atoms with Crippen molar-refractivity contribution >= 4 is 5.91 Å². The monoisotopic (exact) mass is 237 g/mol. The molecule has 1 saturated heterocycles. The van der Waals surface area contributed by atoms with E-state index in [4.69, 9.17) is 6.42 Å². The number of nitrogens with one attached hydrogen (secondary N) is 2. The van der Waals surface area contributed by atoms with E-state index in [1.165, 1.54) is 19.3 Å². The van der Waals surface area contributed by atoms with Crippen molar-refractivity contribution in [3.63, 3.8) is 0 Å². The van der Waals surface area contributed by atoms with Crippen molar-refractivity contribution in [2.24, 2.45) is 0 Å². The third-order valence-electron chi connectivity index (χ3n) is 3.34. The Morgan fingerprint density at radius 1 is 1.59 bits per heavy atom. The smallest absolute Gasteiger partial charge is 0.237 e. The van der Waals surface area contributed by atoms with E-state index in [0.29, 0.717) is 12.6 Å². The highest BCUT2D eigenvalue weighted by atomic mass is 16.2. The van der Waals surface area contributed by atoms with Crippen LogP contribution < -0.4 is 10.6 Å². The molecular formula is C13H23N3O. The molecule has 1 fully saturated rings. The molecule has 2 N–H and O–H groups in total. The first kappa shape index (κ1) is 14.0. The number of terminal acetylenes is 1. The molecule has 2 unspecified atom stereocenters. The van der Waals surface area contributed by atoms with Gasteiger partial charge >= 0.3 is 0 Å². The van der Waals surface area contributed by atoms with Gasteiger partial charge in [-0.25, -0.2) is 0 Å². The second kappa shape index (κ2) is 7.31. The fourth-order valence-corrected chi connectivity index (χ4v) is 2.10. The number of likely N-dealkylation sites (N-methyl/N-ethyl adjacent to an activating group) is 1. The zero-order chi connectivity index (χ0) is 12.7. The zero-order valence-corrected chi connectivity index (χ0v) is 10.8. The van der Waals surface area contributed by atoms with Gasteiger partial charge in [0.25, 0.3) is 0 Å². The molecule has 17 heavy (non-hydrogen) atoms. The summed E-state index contributed by atoms with van der Waals surface area (Å²) in [6.07, 6.45) is 8.87. The topological polar surface area (TPSA) is 44.4 Å². The average molecular weight is 237 g/mol. The molecule has 0 saturated carbocycles. The summed E-state index contributed by atoms with van der Waals surface area (Å²) in [7, 11) is 2.15. The average Bonchev–Trinajstić information content (AvgIpc) is 2.34. The predicted molar refractivity (Wildman–Crippen MR) is 69.6 cm³/mol. The molecule has 0 aliphatic carbocycles. The quantitative estimate of drug-likeness (QED) is 0.671. The van der Waals surface area contributed by atoms with E-state index in [9.17, 15) is 4.79 Å². The van der Waals surface area contributed by atoms with Gasteiger partial charge in [0.05, 0.1) is 12.6 Å². The number of carbonyl (C=O) groups is 1. The molecule has 1 amide bonds. The van der Waals surface area contributed by atoms with Crippen LogP contribution >= 0.6 is 0 Å². The van der Waals surface area contributed by atoms with E-state index < -0.39 is 0 Å². The molecule has 4 nitrogen and oxygen atoms in total. The van der Waals surface area contributed by atoms with Gasteiger partial charge in [-0.15, -0.1) is 6.42 Å². The maximum atomic E-state index is 11.6. The maximum Gasteiger partial charge on any atom is 0.237 e. The van der Waals surface area contributed by atoms with Gasteiger partial charge in [0.2, 0.25) is 5.91 Å². The van der Waals surface area contributed by atoms with E-state index in [-0.39, 0.29) is 11.9 Å². The molecule has 4 heteroatoms. The first-order valence-electron chi connectivity index (χ1n) is 6.30. The standard InChI is InChI=1S/C13H23N3O/c1-4-8-14-13(17)11(2)15-10-12-7-5-6-9-16(12)3/h1,11-12,15H,5-10H2,2-3H3,(H,14,17). The number of piperidine rings is 1. The third kappa shape index (κ3) is 4.76. The number of hydrogen-bond acceptors (Lipinski definition) is 3. The zero-order valence-electron chi connectivity index (χ0n) is 10.8. The van der Waals surface area contributed by atoms with Gasteiger partial charge in [0.1, 0.15) is 0 Å². The molecule has 0 aromatic carbocycles. The van der Waals surface area contributed by atoms with Crippen LogP contribution in [-0.4, -0.2) is 49.6 Å². The summed E-state index contributed by atoms with van der Waals surface area (Å²) in [4.78, 5) is 13.9. The predicted octanol–water partition coefficient (Wildman–Crippen LogP) is 0.198. The number of hydrogen-bond donors (Lipinski definition) is 2. The van der Waals surface area contributed by atoms with E-state index in [0.717, 1.165) is 13.1 Å². The Kier molecular flexibility index (Phi) is 6.03. The third-order valence-corrected chi connectivity index (χ3v) is 3.34. The van der Waals surface area contributed by atoms with Gasteiger partial charge in [-0.1, -0.05) is 12.3 Å². The van der Waals surface area contributed by atoms with Crippen LogP contribution in [0, 0.1) is 12.3 Å². The molecular weight excluding hydrogens is 214 g/mol. The van der Waals surface area contributed by atoms with Crippen LogP contribution in [0.4, 0.5) is 0 Å². The first-order chi connectivity index (χ1) is 8.15. The summed E-state index contributed by atoms with van der Waals surface area (Å²) in [5.74, 6) is 2.37. The molecule has 1 aliphatic rings. The van der Waals surface area contributed by atoms with Crippen molar-refractivity contribution < 1.29 is 4.79 Å². The number of amides is 1. The molecule has 0 spiro atoms. The molecule has 1 aliphatic heterocycles. The largest absolute Gasteiger partial charge is 0.344 e. The molecule has 1 rings (SSSR count). The fourth-order valence-electron chi connectivity index (χ4n) is 2.10. The maximum absolute atomic E-state index is 11.6. The van der Waals surface area contributed by atoms with Gasteiger partial charge in [-0.2, -0.15) is 0 Å². The summed E-state index contributed by atoms with van der Waals surface area (Å²) < 4.78 is 0. The molecule has 0 aromatic rings. The Labute approximate surface area is 104 Å². The van der Waals surface area contributed by atoms with Gasteiger partial charge in [0, 0.05) is 12.6 Å². The van der Waals surface area contributed by atoms with Crippen molar-refractivity contribution in [1.29, 1.82) is 0 Å². The first-order valence-corrected chi connectivity index (χ1v) is 6.30. The molecule has 2 atom stereocenters. The lowest BCUT2D eigenvalue weighted by Gasteiger charge is -2.33. The Morgan fingerprint density at radius 2 is 2.35 bits per heavy atom. The minimum Gasteiger partial charge on any atom is -0.344 e. The molecule has 1 heterocycles. The number of carbonyl (C=O) groups excluding carboxylic acids is 1. The van der Waals surface area contributed by atoms with Crippen LogP contribution in [0.2, 0.25) is 0 Å². The second-order valence-corrected chi connectivity index (χ2v) is 4.68. The van der Waals surface area contributed by atoms with E-state index in [1.54, 1.807) is 0 Å². The van der Waals surface area contributed by atoms with Crippen molar-refractivity contribution in [3.8, 4) is 12.3 Å². The Balaban J connectivity index is 2.24. The van der Waals surface area contributed by atoms with Crippen LogP contribution in [0.25, 0.3) is 0 Å². The van der Waals surface area contributed by atoms with Crippen LogP contribution in [0.1, 0.15) is 26.2 Å².